The summed E-state index contributed by atoms with van der Waals surface area (Å²) in [5, 5.41) is 2.88. The number of ether oxygens (including phenoxy) is 2. The number of hydrogen-bond donors (Lipinski definition) is 1. The number of alkyl carbamates (subject to hydrolysis) is 1. The van der Waals surface area contributed by atoms with E-state index in [1.807, 2.05) is 52.8 Å². The molecule has 132 valence electrons. The second-order valence-corrected chi connectivity index (χ2v) is 7.49. The number of nitrogens with zero attached hydrogens (tertiary/aromatic N) is 1. The van der Waals surface area contributed by atoms with Crippen LogP contribution in [0.1, 0.15) is 40.2 Å². The topological polar surface area (TPSA) is 59.9 Å². The van der Waals surface area contributed by atoms with Crippen molar-refractivity contribution in [3.8, 4) is 0 Å². The van der Waals surface area contributed by atoms with E-state index in [1.54, 1.807) is 0 Å². The molecule has 0 spiro atoms. The van der Waals surface area contributed by atoms with Gasteiger partial charge in [0.1, 0.15) is 18.2 Å². The molecule has 0 saturated heterocycles. The number of amides is 1. The monoisotopic (exact) mass is 332 g/mol. The van der Waals surface area contributed by atoms with E-state index in [0.717, 1.165) is 6.42 Å². The zero-order valence-corrected chi connectivity index (χ0v) is 15.2. The molecule has 0 saturated carbocycles. The quantitative estimate of drug-likeness (QED) is 0.896. The van der Waals surface area contributed by atoms with E-state index in [0.29, 0.717) is 12.5 Å². The van der Waals surface area contributed by atoms with Crippen molar-refractivity contribution in [3.63, 3.8) is 0 Å². The average molecular weight is 332 g/mol. The summed E-state index contributed by atoms with van der Waals surface area (Å²) in [5.41, 5.74) is 0.706. The highest BCUT2D eigenvalue weighted by Crippen LogP contribution is 2.17. The van der Waals surface area contributed by atoms with E-state index < -0.39 is 11.7 Å². The van der Waals surface area contributed by atoms with Crippen molar-refractivity contribution in [2.45, 2.75) is 58.7 Å². The van der Waals surface area contributed by atoms with Crippen molar-refractivity contribution >= 4 is 12.0 Å². The van der Waals surface area contributed by atoms with Crippen LogP contribution in [0.3, 0.4) is 0 Å². The minimum Gasteiger partial charge on any atom is -0.477 e. The number of benzene rings is 1. The molecular weight excluding hydrogens is 304 g/mol. The van der Waals surface area contributed by atoms with Crippen LogP contribution in [0.25, 0.3) is 0 Å². The summed E-state index contributed by atoms with van der Waals surface area (Å²) in [6.07, 6.45) is 0.390. The first-order chi connectivity index (χ1) is 11.2. The Morgan fingerprint density at radius 2 is 2.00 bits per heavy atom. The van der Waals surface area contributed by atoms with Crippen LogP contribution >= 0.6 is 0 Å². The highest BCUT2D eigenvalue weighted by Gasteiger charge is 2.31. The molecule has 0 aliphatic carbocycles. The summed E-state index contributed by atoms with van der Waals surface area (Å²) in [7, 11) is 0. The molecule has 1 heterocycles. The van der Waals surface area contributed by atoms with E-state index in [1.165, 1.54) is 5.56 Å². The molecule has 24 heavy (non-hydrogen) atoms. The Kier molecular flexibility index (Phi) is 5.86. The van der Waals surface area contributed by atoms with Crippen molar-refractivity contribution in [2.24, 2.45) is 10.9 Å². The molecule has 5 nitrogen and oxygen atoms in total. The van der Waals surface area contributed by atoms with Crippen LogP contribution in [-0.4, -0.2) is 36.3 Å². The summed E-state index contributed by atoms with van der Waals surface area (Å²) in [6, 6.07) is 10.0. The van der Waals surface area contributed by atoms with Gasteiger partial charge in [-0.2, -0.15) is 0 Å². The van der Waals surface area contributed by atoms with Crippen LogP contribution in [0.4, 0.5) is 4.79 Å². The fourth-order valence-electron chi connectivity index (χ4n) is 2.54. The molecule has 1 amide bonds. The van der Waals surface area contributed by atoms with E-state index in [9.17, 15) is 4.79 Å². The van der Waals surface area contributed by atoms with Gasteiger partial charge in [-0.3, -0.25) is 0 Å². The van der Waals surface area contributed by atoms with Crippen molar-refractivity contribution in [1.82, 2.24) is 5.32 Å². The maximum Gasteiger partial charge on any atom is 0.408 e. The largest absolute Gasteiger partial charge is 0.477 e. The fraction of sp³-hybridized carbons (Fsp3) is 0.579. The second-order valence-electron chi connectivity index (χ2n) is 7.49. The molecule has 1 unspecified atom stereocenters. The van der Waals surface area contributed by atoms with E-state index in [2.05, 4.69) is 22.4 Å². The van der Waals surface area contributed by atoms with Gasteiger partial charge in [0, 0.05) is 0 Å². The maximum atomic E-state index is 12.1. The van der Waals surface area contributed by atoms with Gasteiger partial charge in [-0.1, -0.05) is 44.2 Å². The van der Waals surface area contributed by atoms with Crippen molar-refractivity contribution in [3.05, 3.63) is 35.9 Å². The van der Waals surface area contributed by atoms with Crippen molar-refractivity contribution in [2.75, 3.05) is 6.61 Å². The third-order valence-electron chi connectivity index (χ3n) is 3.65. The Hall–Kier alpha value is -2.04. The molecule has 1 aromatic rings. The molecule has 5 heteroatoms. The van der Waals surface area contributed by atoms with E-state index in [4.69, 9.17) is 9.47 Å². The number of hydrogen-bond acceptors (Lipinski definition) is 4. The first kappa shape index (κ1) is 18.3. The van der Waals surface area contributed by atoms with Crippen LogP contribution in [0.2, 0.25) is 0 Å². The maximum absolute atomic E-state index is 12.1. The second kappa shape index (κ2) is 7.69. The van der Waals surface area contributed by atoms with Crippen LogP contribution in [-0.2, 0) is 15.9 Å². The van der Waals surface area contributed by atoms with Gasteiger partial charge in [-0.25, -0.2) is 9.79 Å². The van der Waals surface area contributed by atoms with Gasteiger partial charge in [0.05, 0.1) is 6.04 Å². The first-order valence-corrected chi connectivity index (χ1v) is 8.48. The fourth-order valence-corrected chi connectivity index (χ4v) is 2.54. The molecule has 2 rings (SSSR count). The van der Waals surface area contributed by atoms with Gasteiger partial charge in [-0.15, -0.1) is 0 Å². The highest BCUT2D eigenvalue weighted by molar-refractivity contribution is 5.87. The van der Waals surface area contributed by atoms with Gasteiger partial charge in [-0.05, 0) is 38.7 Å². The predicted molar refractivity (Wildman–Crippen MR) is 95.3 cm³/mol. The molecule has 1 aliphatic heterocycles. The Labute approximate surface area is 144 Å². The van der Waals surface area contributed by atoms with E-state index >= 15 is 0 Å². The lowest BCUT2D eigenvalue weighted by Gasteiger charge is -2.25. The molecule has 2 atom stereocenters. The zero-order chi connectivity index (χ0) is 17.7. The van der Waals surface area contributed by atoms with Crippen LogP contribution in [0.15, 0.2) is 35.3 Å². The highest BCUT2D eigenvalue weighted by atomic mass is 16.6. The molecule has 0 radical (unpaired) electrons. The Morgan fingerprint density at radius 1 is 1.33 bits per heavy atom. The minimum atomic E-state index is -0.528. The predicted octanol–water partition coefficient (Wildman–Crippen LogP) is 3.58. The summed E-state index contributed by atoms with van der Waals surface area (Å²) >= 11 is 0. The molecule has 0 aromatic heterocycles. The van der Waals surface area contributed by atoms with Gasteiger partial charge >= 0.3 is 6.09 Å². The number of rotatable bonds is 5. The van der Waals surface area contributed by atoms with Crippen molar-refractivity contribution in [1.29, 1.82) is 0 Å². The lowest BCUT2D eigenvalue weighted by molar-refractivity contribution is 0.0502. The normalized spacial score (nSPS) is 18.8. The standard InChI is InChI=1S/C19H28N2O3/c1-13(2)16(21-18(22)24-19(3,4)5)17-20-15(12-23-17)11-14-9-7-6-8-10-14/h6-10,13,15-16H,11-12H2,1-5H3,(H,21,22)/t15?,16-/m0/s1. The number of carbonyl (C=O) groups is 1. The third-order valence-corrected chi connectivity index (χ3v) is 3.65. The third kappa shape index (κ3) is 5.55. The molecule has 0 bridgehead atoms. The molecular formula is C19H28N2O3. The van der Waals surface area contributed by atoms with Gasteiger partial charge in [0.2, 0.25) is 5.90 Å². The average Bonchev–Trinajstić information content (AvgIpc) is 2.92. The van der Waals surface area contributed by atoms with Gasteiger partial charge in [0.25, 0.3) is 0 Å². The Morgan fingerprint density at radius 3 is 2.58 bits per heavy atom. The van der Waals surface area contributed by atoms with Crippen LogP contribution in [0, 0.1) is 5.92 Å². The van der Waals surface area contributed by atoms with Crippen LogP contribution < -0.4 is 5.32 Å². The SMILES string of the molecule is CC(C)[C@H](NC(=O)OC(C)(C)C)C1=NC(Cc2ccccc2)CO1. The summed E-state index contributed by atoms with van der Waals surface area (Å²) < 4.78 is 11.1. The smallest absolute Gasteiger partial charge is 0.408 e. The number of carbonyl (C=O) groups excluding carboxylic acids is 1. The van der Waals surface area contributed by atoms with E-state index in [-0.39, 0.29) is 18.0 Å². The zero-order valence-electron chi connectivity index (χ0n) is 15.2. The number of nitrogens with one attached hydrogen (secondary N) is 1. The van der Waals surface area contributed by atoms with Gasteiger partial charge < -0.3 is 14.8 Å². The Bertz CT molecular complexity index is 576. The van der Waals surface area contributed by atoms with Crippen LogP contribution in [0.5, 0.6) is 0 Å². The lowest BCUT2D eigenvalue weighted by atomic mass is 10.0. The van der Waals surface area contributed by atoms with Crippen molar-refractivity contribution < 1.29 is 14.3 Å². The summed E-state index contributed by atoms with van der Waals surface area (Å²) in [4.78, 5) is 16.7. The Balaban J connectivity index is 2.00. The first-order valence-electron chi connectivity index (χ1n) is 8.48. The lowest BCUT2D eigenvalue weighted by Crippen LogP contribution is -2.46. The molecule has 0 fully saturated rings. The molecule has 1 aromatic carbocycles. The summed E-state index contributed by atoms with van der Waals surface area (Å²) in [6.45, 7) is 10.1. The minimum absolute atomic E-state index is 0.0871. The molecule has 1 N–H and O–H groups in total. The van der Waals surface area contributed by atoms with Gasteiger partial charge in [0.15, 0.2) is 0 Å². The number of aliphatic imine (C=N–C) groups is 1. The molecule has 1 aliphatic rings. The summed E-state index contributed by atoms with van der Waals surface area (Å²) in [5.74, 6) is 0.753.